The molecule has 1 aliphatic heterocycles. The van der Waals surface area contributed by atoms with Gasteiger partial charge in [-0.2, -0.15) is 5.10 Å². The summed E-state index contributed by atoms with van der Waals surface area (Å²) in [6.45, 7) is 2.43. The summed E-state index contributed by atoms with van der Waals surface area (Å²) in [5, 5.41) is 10.4. The summed E-state index contributed by atoms with van der Waals surface area (Å²) in [5.41, 5.74) is 2.12. The SMILES string of the molecule is Cl.O=C(NCCc1cnn(-c2ccccc2)c1)C1COCCN1. The number of morpholine rings is 1. The summed E-state index contributed by atoms with van der Waals surface area (Å²) in [4.78, 5) is 11.9. The number of amides is 1. The molecule has 1 aromatic heterocycles. The van der Waals surface area contributed by atoms with Gasteiger partial charge >= 0.3 is 0 Å². The molecule has 2 heterocycles. The second-order valence-electron chi connectivity index (χ2n) is 5.25. The van der Waals surface area contributed by atoms with E-state index in [0.717, 1.165) is 24.2 Å². The second kappa shape index (κ2) is 8.67. The largest absolute Gasteiger partial charge is 0.378 e. The number of carbonyl (C=O) groups is 1. The lowest BCUT2D eigenvalue weighted by molar-refractivity contribution is -0.125. The Morgan fingerprint density at radius 3 is 2.96 bits per heavy atom. The predicted molar refractivity (Wildman–Crippen MR) is 90.1 cm³/mol. The van der Waals surface area contributed by atoms with Gasteiger partial charge in [-0.05, 0) is 24.1 Å². The van der Waals surface area contributed by atoms with Crippen molar-refractivity contribution in [2.45, 2.75) is 12.5 Å². The number of rotatable bonds is 5. The highest BCUT2D eigenvalue weighted by Gasteiger charge is 2.20. The molecule has 0 bridgehead atoms. The van der Waals surface area contributed by atoms with E-state index in [1.807, 2.05) is 47.4 Å². The van der Waals surface area contributed by atoms with Gasteiger partial charge in [-0.3, -0.25) is 4.79 Å². The zero-order valence-corrected chi connectivity index (χ0v) is 13.6. The summed E-state index contributed by atoms with van der Waals surface area (Å²) in [5.74, 6) is -0.00449. The molecule has 1 atom stereocenters. The van der Waals surface area contributed by atoms with Crippen molar-refractivity contribution in [3.05, 3.63) is 48.3 Å². The number of hydrogen-bond acceptors (Lipinski definition) is 4. The zero-order valence-electron chi connectivity index (χ0n) is 12.8. The van der Waals surface area contributed by atoms with Crippen LogP contribution in [0.5, 0.6) is 0 Å². The number of nitrogens with zero attached hydrogens (tertiary/aromatic N) is 2. The lowest BCUT2D eigenvalue weighted by Gasteiger charge is -2.22. The molecule has 1 fully saturated rings. The molecule has 1 aromatic carbocycles. The molecule has 2 N–H and O–H groups in total. The van der Waals surface area contributed by atoms with E-state index in [2.05, 4.69) is 15.7 Å². The van der Waals surface area contributed by atoms with Crippen molar-refractivity contribution < 1.29 is 9.53 Å². The summed E-state index contributed by atoms with van der Waals surface area (Å²) in [6, 6.07) is 9.72. The molecule has 1 amide bonds. The minimum Gasteiger partial charge on any atom is -0.378 e. The predicted octanol–water partition coefficient (Wildman–Crippen LogP) is 0.941. The Labute approximate surface area is 141 Å². The van der Waals surface area contributed by atoms with Crippen LogP contribution in [0.4, 0.5) is 0 Å². The van der Waals surface area contributed by atoms with Crippen LogP contribution in [0.25, 0.3) is 5.69 Å². The molecule has 3 rings (SSSR count). The van der Waals surface area contributed by atoms with E-state index in [1.165, 1.54) is 0 Å². The summed E-state index contributed by atoms with van der Waals surface area (Å²) in [7, 11) is 0. The van der Waals surface area contributed by atoms with Gasteiger partial charge in [-0.1, -0.05) is 18.2 Å². The van der Waals surface area contributed by atoms with Crippen molar-refractivity contribution in [2.75, 3.05) is 26.3 Å². The van der Waals surface area contributed by atoms with Gasteiger partial charge in [-0.15, -0.1) is 12.4 Å². The van der Waals surface area contributed by atoms with Crippen molar-refractivity contribution in [1.29, 1.82) is 0 Å². The van der Waals surface area contributed by atoms with Crippen molar-refractivity contribution in [1.82, 2.24) is 20.4 Å². The molecule has 23 heavy (non-hydrogen) atoms. The van der Waals surface area contributed by atoms with Gasteiger partial charge in [0.2, 0.25) is 5.91 Å². The van der Waals surface area contributed by atoms with Crippen LogP contribution in [0.1, 0.15) is 5.56 Å². The fourth-order valence-electron chi connectivity index (χ4n) is 2.40. The quantitative estimate of drug-likeness (QED) is 0.852. The first-order valence-corrected chi connectivity index (χ1v) is 7.51. The highest BCUT2D eigenvalue weighted by molar-refractivity contribution is 5.85. The molecule has 2 aromatic rings. The number of halogens is 1. The van der Waals surface area contributed by atoms with Gasteiger partial charge in [0.25, 0.3) is 0 Å². The van der Waals surface area contributed by atoms with Gasteiger partial charge in [0.05, 0.1) is 25.1 Å². The Kier molecular flexibility index (Phi) is 6.58. The van der Waals surface area contributed by atoms with Gasteiger partial charge < -0.3 is 15.4 Å². The summed E-state index contributed by atoms with van der Waals surface area (Å²) in [6.07, 6.45) is 4.58. The number of hydrogen-bond donors (Lipinski definition) is 2. The number of carbonyl (C=O) groups excluding carboxylic acids is 1. The molecular weight excluding hydrogens is 316 g/mol. The van der Waals surface area contributed by atoms with E-state index in [9.17, 15) is 4.79 Å². The second-order valence-corrected chi connectivity index (χ2v) is 5.25. The van der Waals surface area contributed by atoms with E-state index < -0.39 is 0 Å². The zero-order chi connectivity index (χ0) is 15.2. The Bertz CT molecular complexity index is 612. The van der Waals surface area contributed by atoms with E-state index >= 15 is 0 Å². The highest BCUT2D eigenvalue weighted by atomic mass is 35.5. The number of nitrogens with one attached hydrogen (secondary N) is 2. The van der Waals surface area contributed by atoms with Gasteiger partial charge in [0, 0.05) is 19.3 Å². The third kappa shape index (κ3) is 4.79. The van der Waals surface area contributed by atoms with Gasteiger partial charge in [0.1, 0.15) is 6.04 Å². The molecular formula is C16H21ClN4O2. The monoisotopic (exact) mass is 336 g/mol. The Morgan fingerprint density at radius 2 is 2.22 bits per heavy atom. The van der Waals surface area contributed by atoms with Crippen LogP contribution in [0.2, 0.25) is 0 Å². The standard InChI is InChI=1S/C16H20N4O2.ClH/c21-16(15-12-22-9-8-17-15)18-7-6-13-10-19-20(11-13)14-4-2-1-3-5-14;/h1-5,10-11,15,17H,6-9,12H2,(H,18,21);1H. The minimum atomic E-state index is -0.235. The van der Waals surface area contributed by atoms with E-state index in [1.54, 1.807) is 0 Å². The average molecular weight is 337 g/mol. The van der Waals surface area contributed by atoms with Crippen LogP contribution < -0.4 is 10.6 Å². The number of ether oxygens (including phenoxy) is 1. The number of benzene rings is 1. The summed E-state index contributed by atoms with van der Waals surface area (Å²) < 4.78 is 7.12. The average Bonchev–Trinajstić information content (AvgIpc) is 3.05. The first kappa shape index (κ1) is 17.5. The fourth-order valence-corrected chi connectivity index (χ4v) is 2.40. The Morgan fingerprint density at radius 1 is 1.39 bits per heavy atom. The Balaban J connectivity index is 0.00000192. The number of para-hydroxylation sites is 1. The van der Waals surface area contributed by atoms with E-state index in [0.29, 0.717) is 19.8 Å². The molecule has 1 saturated heterocycles. The van der Waals surface area contributed by atoms with Crippen LogP contribution in [-0.4, -0.2) is 48.0 Å². The maximum absolute atomic E-state index is 11.9. The Hall–Kier alpha value is -1.89. The molecule has 0 radical (unpaired) electrons. The van der Waals surface area contributed by atoms with E-state index in [-0.39, 0.29) is 24.4 Å². The lowest BCUT2D eigenvalue weighted by Crippen LogP contribution is -2.51. The molecule has 0 saturated carbocycles. The molecule has 0 aliphatic carbocycles. The molecule has 1 aliphatic rings. The van der Waals surface area contributed by atoms with Crippen LogP contribution in [-0.2, 0) is 16.0 Å². The van der Waals surface area contributed by atoms with Crippen LogP contribution in [0.3, 0.4) is 0 Å². The molecule has 124 valence electrons. The minimum absolute atomic E-state index is 0. The van der Waals surface area contributed by atoms with E-state index in [4.69, 9.17) is 4.74 Å². The van der Waals surface area contributed by atoms with Crippen LogP contribution in [0, 0.1) is 0 Å². The third-order valence-electron chi connectivity index (χ3n) is 3.61. The lowest BCUT2D eigenvalue weighted by atomic mass is 10.2. The normalized spacial score (nSPS) is 17.3. The van der Waals surface area contributed by atoms with Crippen molar-refractivity contribution in [3.63, 3.8) is 0 Å². The highest BCUT2D eigenvalue weighted by Crippen LogP contribution is 2.07. The number of aromatic nitrogens is 2. The molecule has 7 heteroatoms. The first-order valence-electron chi connectivity index (χ1n) is 7.51. The van der Waals surface area contributed by atoms with Crippen molar-refractivity contribution in [3.8, 4) is 5.69 Å². The third-order valence-corrected chi connectivity index (χ3v) is 3.61. The molecule has 1 unspecified atom stereocenters. The molecule has 6 nitrogen and oxygen atoms in total. The summed E-state index contributed by atoms with van der Waals surface area (Å²) >= 11 is 0. The first-order chi connectivity index (χ1) is 10.8. The maximum atomic E-state index is 11.9. The topological polar surface area (TPSA) is 68.2 Å². The smallest absolute Gasteiger partial charge is 0.239 e. The maximum Gasteiger partial charge on any atom is 0.239 e. The fraction of sp³-hybridized carbons (Fsp3) is 0.375. The van der Waals surface area contributed by atoms with Crippen LogP contribution in [0.15, 0.2) is 42.7 Å². The van der Waals surface area contributed by atoms with Crippen molar-refractivity contribution in [2.24, 2.45) is 0 Å². The van der Waals surface area contributed by atoms with Crippen LogP contribution >= 0.6 is 12.4 Å². The van der Waals surface area contributed by atoms with Crippen molar-refractivity contribution >= 4 is 18.3 Å². The molecule has 0 spiro atoms. The van der Waals surface area contributed by atoms with Gasteiger partial charge in [-0.25, -0.2) is 4.68 Å². The van der Waals surface area contributed by atoms with Gasteiger partial charge in [0.15, 0.2) is 0 Å².